The van der Waals surface area contributed by atoms with Gasteiger partial charge in [-0.25, -0.2) is 0 Å². The van der Waals surface area contributed by atoms with Gasteiger partial charge in [-0.2, -0.15) is 0 Å². The molecule has 0 heterocycles. The first-order chi connectivity index (χ1) is 11.7. The number of nitrogens with zero attached hydrogens (tertiary/aromatic N) is 1. The minimum atomic E-state index is 0.638. The predicted octanol–water partition coefficient (Wildman–Crippen LogP) is 3.04. The summed E-state index contributed by atoms with van der Waals surface area (Å²) >= 11 is 0. The smallest absolute Gasteiger partial charge is 0.126 e. The molecule has 24 heavy (non-hydrogen) atoms. The van der Waals surface area contributed by atoms with E-state index in [1.54, 1.807) is 21.3 Å². The molecule has 5 heteroatoms. The number of methoxy groups -OCH3 is 3. The normalized spacial score (nSPS) is 10.6. The van der Waals surface area contributed by atoms with Crippen molar-refractivity contribution in [3.8, 4) is 16.9 Å². The molecule has 0 unspecified atom stereocenters. The maximum atomic E-state index is 6.05. The number of nitrogens with two attached hydrogens (primary N) is 1. The van der Waals surface area contributed by atoms with Gasteiger partial charge in [-0.05, 0) is 24.3 Å². The molecule has 0 aliphatic rings. The summed E-state index contributed by atoms with van der Waals surface area (Å²) in [5.41, 5.74) is 9.91. The number of rotatable bonds is 9. The zero-order chi connectivity index (χ0) is 17.4. The van der Waals surface area contributed by atoms with Crippen LogP contribution in [0.25, 0.3) is 11.1 Å². The number of nitrogen functional groups attached to an aromatic ring is 1. The third-order valence-corrected chi connectivity index (χ3v) is 3.89. The van der Waals surface area contributed by atoms with E-state index < -0.39 is 0 Å². The highest BCUT2D eigenvalue weighted by atomic mass is 16.5. The van der Waals surface area contributed by atoms with Crippen molar-refractivity contribution in [1.82, 2.24) is 0 Å². The van der Waals surface area contributed by atoms with Gasteiger partial charge in [-0.15, -0.1) is 0 Å². The van der Waals surface area contributed by atoms with Crippen molar-refractivity contribution in [3.05, 3.63) is 42.5 Å². The van der Waals surface area contributed by atoms with Crippen molar-refractivity contribution in [2.75, 3.05) is 58.3 Å². The van der Waals surface area contributed by atoms with Crippen molar-refractivity contribution in [3.63, 3.8) is 0 Å². The molecule has 2 rings (SSSR count). The standard InChI is InChI=1S/C19H26N2O3/c1-22-12-10-21(11-13-23-2)18-9-8-15(20)14-17(18)16-6-4-5-7-19(16)24-3/h4-9,14H,10-13,20H2,1-3H3. The maximum Gasteiger partial charge on any atom is 0.126 e. The van der Waals surface area contributed by atoms with E-state index in [1.165, 1.54) is 0 Å². The van der Waals surface area contributed by atoms with Gasteiger partial charge in [-0.1, -0.05) is 18.2 Å². The second kappa shape index (κ2) is 9.15. The van der Waals surface area contributed by atoms with Gasteiger partial charge in [0.15, 0.2) is 0 Å². The van der Waals surface area contributed by atoms with Gasteiger partial charge in [0.25, 0.3) is 0 Å². The quantitative estimate of drug-likeness (QED) is 0.716. The lowest BCUT2D eigenvalue weighted by molar-refractivity contribution is 0.190. The molecule has 0 fully saturated rings. The van der Waals surface area contributed by atoms with E-state index >= 15 is 0 Å². The van der Waals surface area contributed by atoms with Crippen LogP contribution in [0.15, 0.2) is 42.5 Å². The van der Waals surface area contributed by atoms with Gasteiger partial charge in [0, 0.05) is 49.8 Å². The summed E-state index contributed by atoms with van der Waals surface area (Å²) in [5.74, 6) is 0.822. The fraction of sp³-hybridized carbons (Fsp3) is 0.368. The molecule has 130 valence electrons. The monoisotopic (exact) mass is 330 g/mol. The van der Waals surface area contributed by atoms with Crippen molar-refractivity contribution < 1.29 is 14.2 Å². The Labute approximate surface area is 143 Å². The van der Waals surface area contributed by atoms with E-state index in [2.05, 4.69) is 4.90 Å². The minimum absolute atomic E-state index is 0.638. The minimum Gasteiger partial charge on any atom is -0.496 e. The maximum absolute atomic E-state index is 6.05. The van der Waals surface area contributed by atoms with Gasteiger partial charge in [0.05, 0.1) is 20.3 Å². The summed E-state index contributed by atoms with van der Waals surface area (Å²) in [6.07, 6.45) is 0. The molecule has 0 saturated carbocycles. The lowest BCUT2D eigenvalue weighted by Gasteiger charge is -2.27. The zero-order valence-electron chi connectivity index (χ0n) is 14.6. The molecule has 2 aromatic rings. The van der Waals surface area contributed by atoms with Crippen LogP contribution in [0.4, 0.5) is 11.4 Å². The van der Waals surface area contributed by atoms with Crippen molar-refractivity contribution in [1.29, 1.82) is 0 Å². The first-order valence-electron chi connectivity index (χ1n) is 7.97. The highest BCUT2D eigenvalue weighted by molar-refractivity contribution is 5.84. The summed E-state index contributed by atoms with van der Waals surface area (Å²) in [6.45, 7) is 2.82. The number of hydrogen-bond acceptors (Lipinski definition) is 5. The van der Waals surface area contributed by atoms with Crippen LogP contribution >= 0.6 is 0 Å². The van der Waals surface area contributed by atoms with Gasteiger partial charge >= 0.3 is 0 Å². The van der Waals surface area contributed by atoms with E-state index in [0.29, 0.717) is 13.2 Å². The summed E-state index contributed by atoms with van der Waals surface area (Å²) in [4.78, 5) is 2.24. The van der Waals surface area contributed by atoms with Crippen LogP contribution in [-0.2, 0) is 9.47 Å². The topological polar surface area (TPSA) is 57.0 Å². The second-order valence-electron chi connectivity index (χ2n) is 5.45. The molecule has 0 aliphatic heterocycles. The SMILES string of the molecule is COCCN(CCOC)c1ccc(N)cc1-c1ccccc1OC. The molecule has 2 aromatic carbocycles. The highest BCUT2D eigenvalue weighted by Crippen LogP contribution is 2.37. The largest absolute Gasteiger partial charge is 0.496 e. The molecular formula is C19H26N2O3. The Hall–Kier alpha value is -2.24. The highest BCUT2D eigenvalue weighted by Gasteiger charge is 2.15. The molecule has 0 aliphatic carbocycles. The lowest BCUT2D eigenvalue weighted by atomic mass is 10.0. The van der Waals surface area contributed by atoms with Crippen molar-refractivity contribution >= 4 is 11.4 Å². The summed E-state index contributed by atoms with van der Waals surface area (Å²) in [6, 6.07) is 13.9. The number of hydrogen-bond donors (Lipinski definition) is 1. The van der Waals surface area contributed by atoms with Crippen LogP contribution in [0.5, 0.6) is 5.75 Å². The lowest BCUT2D eigenvalue weighted by Crippen LogP contribution is -2.31. The first kappa shape index (κ1) is 18.1. The number of anilines is 2. The van der Waals surface area contributed by atoms with Gasteiger partial charge in [0.1, 0.15) is 5.75 Å². The van der Waals surface area contributed by atoms with Gasteiger partial charge in [-0.3, -0.25) is 0 Å². The third kappa shape index (κ3) is 4.40. The molecule has 2 N–H and O–H groups in total. The molecule has 0 spiro atoms. The average Bonchev–Trinajstić information content (AvgIpc) is 2.62. The van der Waals surface area contributed by atoms with E-state index in [-0.39, 0.29) is 0 Å². The summed E-state index contributed by atoms with van der Waals surface area (Å²) < 4.78 is 16.0. The van der Waals surface area contributed by atoms with Crippen LogP contribution < -0.4 is 15.4 Å². The van der Waals surface area contributed by atoms with Crippen LogP contribution in [0.3, 0.4) is 0 Å². The van der Waals surface area contributed by atoms with Crippen LogP contribution in [0.2, 0.25) is 0 Å². The Bertz CT molecular complexity index is 638. The fourth-order valence-corrected chi connectivity index (χ4v) is 2.67. The Kier molecular flexibility index (Phi) is 6.90. The Morgan fingerprint density at radius 2 is 1.54 bits per heavy atom. The molecule has 0 bridgehead atoms. The predicted molar refractivity (Wildman–Crippen MR) is 98.8 cm³/mol. The van der Waals surface area contributed by atoms with E-state index in [0.717, 1.165) is 41.3 Å². The van der Waals surface area contributed by atoms with E-state index in [9.17, 15) is 0 Å². The Morgan fingerprint density at radius 3 is 2.17 bits per heavy atom. The van der Waals surface area contributed by atoms with Gasteiger partial charge in [0.2, 0.25) is 0 Å². The third-order valence-electron chi connectivity index (χ3n) is 3.89. The molecular weight excluding hydrogens is 304 g/mol. The Balaban J connectivity index is 2.48. The van der Waals surface area contributed by atoms with Crippen LogP contribution in [0, 0.1) is 0 Å². The number of ether oxygens (including phenoxy) is 3. The molecule has 0 saturated heterocycles. The molecule has 5 nitrogen and oxygen atoms in total. The van der Waals surface area contributed by atoms with E-state index in [1.807, 2.05) is 42.5 Å². The summed E-state index contributed by atoms with van der Waals surface area (Å²) in [5, 5.41) is 0. The van der Waals surface area contributed by atoms with E-state index in [4.69, 9.17) is 19.9 Å². The number of benzene rings is 2. The summed E-state index contributed by atoms with van der Waals surface area (Å²) in [7, 11) is 5.09. The average molecular weight is 330 g/mol. The zero-order valence-corrected chi connectivity index (χ0v) is 14.6. The first-order valence-corrected chi connectivity index (χ1v) is 7.97. The molecule has 0 radical (unpaired) electrons. The van der Waals surface area contributed by atoms with Crippen molar-refractivity contribution in [2.24, 2.45) is 0 Å². The Morgan fingerprint density at radius 1 is 0.875 bits per heavy atom. The van der Waals surface area contributed by atoms with Crippen LogP contribution in [-0.4, -0.2) is 47.6 Å². The molecule has 0 amide bonds. The van der Waals surface area contributed by atoms with Crippen molar-refractivity contribution in [2.45, 2.75) is 0 Å². The van der Waals surface area contributed by atoms with Crippen LogP contribution in [0.1, 0.15) is 0 Å². The van der Waals surface area contributed by atoms with Gasteiger partial charge < -0.3 is 24.8 Å². The number of para-hydroxylation sites is 1. The molecule has 0 aromatic heterocycles. The fourth-order valence-electron chi connectivity index (χ4n) is 2.67. The molecule has 0 atom stereocenters. The second-order valence-corrected chi connectivity index (χ2v) is 5.45.